The molecule has 13 heavy (non-hydrogen) atoms. The lowest BCUT2D eigenvalue weighted by Crippen LogP contribution is -2.04. The molecule has 0 aliphatic rings. The topological polar surface area (TPSA) is 12.0 Å². The Hall–Kier alpha value is -0.780. The van der Waals surface area contributed by atoms with E-state index in [9.17, 15) is 0 Å². The van der Waals surface area contributed by atoms with Gasteiger partial charge in [-0.05, 0) is 47.6 Å². The molecule has 0 atom stereocenters. The fourth-order valence-corrected chi connectivity index (χ4v) is 1.54. The van der Waals surface area contributed by atoms with Gasteiger partial charge in [-0.1, -0.05) is 17.9 Å². The van der Waals surface area contributed by atoms with Gasteiger partial charge in [0.1, 0.15) is 0 Å². The maximum Gasteiger partial charge on any atom is 0.0577 e. The highest BCUT2D eigenvalue weighted by molar-refractivity contribution is 9.10. The van der Waals surface area contributed by atoms with Crippen LogP contribution in [0, 0.1) is 18.8 Å². The average Bonchev–Trinajstić information content (AvgIpc) is 2.09. The Bertz CT molecular complexity index is 347. The highest BCUT2D eigenvalue weighted by Gasteiger charge is 1.94. The number of hydrogen-bond acceptors (Lipinski definition) is 1. The number of hydrogen-bond donors (Lipinski definition) is 1. The Labute approximate surface area is 87.7 Å². The summed E-state index contributed by atoms with van der Waals surface area (Å²) in [6.07, 6.45) is 0. The summed E-state index contributed by atoms with van der Waals surface area (Å²) in [5.74, 6) is 6.10. The average molecular weight is 238 g/mol. The van der Waals surface area contributed by atoms with Crippen molar-refractivity contribution >= 4 is 15.9 Å². The molecule has 1 N–H and O–H groups in total. The first-order valence-corrected chi connectivity index (χ1v) is 4.93. The highest BCUT2D eigenvalue weighted by atomic mass is 79.9. The Balaban J connectivity index is 2.85. The first kappa shape index (κ1) is 10.3. The first-order valence-electron chi connectivity index (χ1n) is 4.13. The van der Waals surface area contributed by atoms with Gasteiger partial charge in [0.15, 0.2) is 0 Å². The molecule has 0 radical (unpaired) electrons. The lowest BCUT2D eigenvalue weighted by atomic mass is 10.1. The fraction of sp³-hybridized carbons (Fsp3) is 0.273. The van der Waals surface area contributed by atoms with Crippen molar-refractivity contribution in [3.8, 4) is 11.8 Å². The zero-order chi connectivity index (χ0) is 9.68. The molecule has 0 bridgehead atoms. The largest absolute Gasteiger partial charge is 0.309 e. The number of aryl methyl sites for hydroxylation is 1. The molecule has 0 heterocycles. The van der Waals surface area contributed by atoms with E-state index < -0.39 is 0 Å². The van der Waals surface area contributed by atoms with Gasteiger partial charge in [-0.3, -0.25) is 0 Å². The van der Waals surface area contributed by atoms with Crippen LogP contribution in [-0.2, 0) is 0 Å². The Morgan fingerprint density at radius 1 is 1.46 bits per heavy atom. The summed E-state index contributed by atoms with van der Waals surface area (Å²) in [7, 11) is 1.89. The van der Waals surface area contributed by atoms with Crippen molar-refractivity contribution in [2.75, 3.05) is 13.6 Å². The van der Waals surface area contributed by atoms with Gasteiger partial charge in [0, 0.05) is 10.0 Å². The van der Waals surface area contributed by atoms with Crippen LogP contribution in [0.5, 0.6) is 0 Å². The first-order chi connectivity index (χ1) is 6.24. The minimum Gasteiger partial charge on any atom is -0.309 e. The van der Waals surface area contributed by atoms with Gasteiger partial charge >= 0.3 is 0 Å². The standard InChI is InChI=1S/C11H12BrN/c1-9-5-6-10(11(12)8-9)4-3-7-13-2/h5-6,8,13H,7H2,1-2H3. The van der Waals surface area contributed by atoms with Crippen molar-refractivity contribution < 1.29 is 0 Å². The van der Waals surface area contributed by atoms with Crippen molar-refractivity contribution in [2.45, 2.75) is 6.92 Å². The van der Waals surface area contributed by atoms with Crippen LogP contribution in [0.15, 0.2) is 22.7 Å². The predicted molar refractivity (Wildman–Crippen MR) is 59.7 cm³/mol. The summed E-state index contributed by atoms with van der Waals surface area (Å²) in [5.41, 5.74) is 2.28. The van der Waals surface area contributed by atoms with Crippen LogP contribution >= 0.6 is 15.9 Å². The Kier molecular flexibility index (Phi) is 4.01. The lowest BCUT2D eigenvalue weighted by Gasteiger charge is -1.97. The van der Waals surface area contributed by atoms with Crippen molar-refractivity contribution in [1.29, 1.82) is 0 Å². The molecule has 1 rings (SSSR count). The van der Waals surface area contributed by atoms with Gasteiger partial charge < -0.3 is 5.32 Å². The summed E-state index contributed by atoms with van der Waals surface area (Å²) >= 11 is 3.48. The summed E-state index contributed by atoms with van der Waals surface area (Å²) in [5, 5.41) is 2.98. The van der Waals surface area contributed by atoms with E-state index in [0.717, 1.165) is 16.6 Å². The van der Waals surface area contributed by atoms with Gasteiger partial charge in [0.05, 0.1) is 6.54 Å². The van der Waals surface area contributed by atoms with Crippen LogP contribution in [0.25, 0.3) is 0 Å². The van der Waals surface area contributed by atoms with E-state index in [1.165, 1.54) is 5.56 Å². The second kappa shape index (κ2) is 5.06. The summed E-state index contributed by atoms with van der Waals surface area (Å²) < 4.78 is 1.07. The SMILES string of the molecule is CNCC#Cc1ccc(C)cc1Br. The molecule has 68 valence electrons. The molecule has 0 unspecified atom stereocenters. The third-order valence-electron chi connectivity index (χ3n) is 1.61. The van der Waals surface area contributed by atoms with E-state index in [1.807, 2.05) is 13.1 Å². The molecule has 0 saturated carbocycles. The zero-order valence-corrected chi connectivity index (χ0v) is 9.40. The number of rotatable bonds is 1. The Morgan fingerprint density at radius 2 is 2.23 bits per heavy atom. The number of benzene rings is 1. The minimum absolute atomic E-state index is 0.723. The molecule has 0 spiro atoms. The van der Waals surface area contributed by atoms with Crippen molar-refractivity contribution in [3.05, 3.63) is 33.8 Å². The number of halogens is 1. The van der Waals surface area contributed by atoms with E-state index >= 15 is 0 Å². The van der Waals surface area contributed by atoms with E-state index in [4.69, 9.17) is 0 Å². The molecule has 2 heteroatoms. The second-order valence-corrected chi connectivity index (χ2v) is 3.67. The maximum absolute atomic E-state index is 3.48. The van der Waals surface area contributed by atoms with Crippen LogP contribution in [0.3, 0.4) is 0 Å². The molecule has 0 aliphatic carbocycles. The quantitative estimate of drug-likeness (QED) is 0.740. The van der Waals surface area contributed by atoms with Gasteiger partial charge in [0.25, 0.3) is 0 Å². The van der Waals surface area contributed by atoms with Crippen LogP contribution in [0.2, 0.25) is 0 Å². The predicted octanol–water partition coefficient (Wildman–Crippen LogP) is 2.33. The van der Waals surface area contributed by atoms with Gasteiger partial charge in [-0.15, -0.1) is 0 Å². The summed E-state index contributed by atoms with van der Waals surface area (Å²) in [4.78, 5) is 0. The molecule has 0 aromatic heterocycles. The van der Waals surface area contributed by atoms with Crippen LogP contribution in [0.1, 0.15) is 11.1 Å². The van der Waals surface area contributed by atoms with Crippen molar-refractivity contribution in [3.63, 3.8) is 0 Å². The molecular formula is C11H12BrN. The maximum atomic E-state index is 3.48. The summed E-state index contributed by atoms with van der Waals surface area (Å²) in [6, 6.07) is 6.17. The van der Waals surface area contributed by atoms with E-state index in [0.29, 0.717) is 0 Å². The highest BCUT2D eigenvalue weighted by Crippen LogP contribution is 2.16. The fourth-order valence-electron chi connectivity index (χ4n) is 0.949. The van der Waals surface area contributed by atoms with E-state index in [2.05, 4.69) is 52.1 Å². The van der Waals surface area contributed by atoms with Crippen LogP contribution in [-0.4, -0.2) is 13.6 Å². The van der Waals surface area contributed by atoms with E-state index in [-0.39, 0.29) is 0 Å². The molecule has 0 fully saturated rings. The molecule has 1 nitrogen and oxygen atoms in total. The molecular weight excluding hydrogens is 226 g/mol. The lowest BCUT2D eigenvalue weighted by molar-refractivity contribution is 0.938. The number of nitrogens with one attached hydrogen (secondary N) is 1. The molecule has 0 aliphatic heterocycles. The third kappa shape index (κ3) is 3.22. The van der Waals surface area contributed by atoms with E-state index in [1.54, 1.807) is 0 Å². The molecule has 0 saturated heterocycles. The second-order valence-electron chi connectivity index (χ2n) is 2.82. The monoisotopic (exact) mass is 237 g/mol. The third-order valence-corrected chi connectivity index (χ3v) is 2.27. The van der Waals surface area contributed by atoms with Crippen molar-refractivity contribution in [1.82, 2.24) is 5.32 Å². The summed E-state index contributed by atoms with van der Waals surface area (Å²) in [6.45, 7) is 2.79. The molecule has 1 aromatic rings. The van der Waals surface area contributed by atoms with Gasteiger partial charge in [-0.2, -0.15) is 0 Å². The van der Waals surface area contributed by atoms with Gasteiger partial charge in [-0.25, -0.2) is 0 Å². The zero-order valence-electron chi connectivity index (χ0n) is 7.82. The van der Waals surface area contributed by atoms with Gasteiger partial charge in [0.2, 0.25) is 0 Å². The Morgan fingerprint density at radius 3 is 2.85 bits per heavy atom. The van der Waals surface area contributed by atoms with Crippen molar-refractivity contribution in [2.24, 2.45) is 0 Å². The normalized spacial score (nSPS) is 9.15. The minimum atomic E-state index is 0.723. The molecule has 1 aromatic carbocycles. The molecule has 0 amide bonds. The smallest absolute Gasteiger partial charge is 0.0577 e. The van der Waals surface area contributed by atoms with Crippen LogP contribution in [0.4, 0.5) is 0 Å². The van der Waals surface area contributed by atoms with Crippen LogP contribution < -0.4 is 5.32 Å².